The van der Waals surface area contributed by atoms with Crippen molar-refractivity contribution in [3.05, 3.63) is 58.8 Å². The minimum absolute atomic E-state index is 0.119. The molecule has 0 bridgehead atoms. The highest BCUT2D eigenvalue weighted by atomic mass is 35.5. The molecule has 1 aromatic heterocycles. The zero-order valence-corrected chi connectivity index (χ0v) is 13.4. The Labute approximate surface area is 147 Å². The zero-order chi connectivity index (χ0) is 17.8. The molecule has 0 unspecified atom stereocenters. The largest absolute Gasteiger partial charge is 0.436 e. The van der Waals surface area contributed by atoms with Crippen LogP contribution in [0.4, 0.5) is 5.69 Å². The molecule has 0 fully saturated rings. The van der Waals surface area contributed by atoms with Gasteiger partial charge in [-0.25, -0.2) is 4.98 Å². The number of nitrogens with zero attached hydrogens (tertiary/aromatic N) is 4. The second-order valence-corrected chi connectivity index (χ2v) is 5.36. The van der Waals surface area contributed by atoms with Crippen LogP contribution in [0.25, 0.3) is 22.6 Å². The number of nitriles is 3. The molecular weight excluding hydrogens is 338 g/mol. The zero-order valence-electron chi connectivity index (χ0n) is 12.6. The highest BCUT2D eigenvalue weighted by molar-refractivity contribution is 6.31. The van der Waals surface area contributed by atoms with Crippen LogP contribution in [0.15, 0.2) is 58.2 Å². The van der Waals surface area contributed by atoms with Crippen LogP contribution in [0.1, 0.15) is 0 Å². The first-order valence-corrected chi connectivity index (χ1v) is 7.40. The maximum Gasteiger partial charge on any atom is 0.227 e. The summed E-state index contributed by atoms with van der Waals surface area (Å²) in [6.45, 7) is 0. The number of oxazole rings is 1. The van der Waals surface area contributed by atoms with Crippen molar-refractivity contribution >= 4 is 28.4 Å². The number of fused-ring (bicyclic) bond motifs is 1. The Balaban J connectivity index is 1.99. The Morgan fingerprint density at radius 2 is 1.84 bits per heavy atom. The van der Waals surface area contributed by atoms with Crippen LogP contribution in [0.3, 0.4) is 0 Å². The fourth-order valence-electron chi connectivity index (χ4n) is 2.18. The fraction of sp³-hybridized carbons (Fsp3) is 0. The molecule has 6 nitrogen and oxygen atoms in total. The van der Waals surface area contributed by atoms with E-state index >= 15 is 0 Å². The molecule has 1 N–H and O–H groups in total. The minimum atomic E-state index is -0.288. The predicted molar refractivity (Wildman–Crippen MR) is 91.9 cm³/mol. The number of anilines is 1. The van der Waals surface area contributed by atoms with Crippen LogP contribution >= 0.6 is 11.6 Å². The molecule has 0 radical (unpaired) electrons. The van der Waals surface area contributed by atoms with Crippen LogP contribution in [0.2, 0.25) is 5.02 Å². The number of halogens is 1. The first kappa shape index (κ1) is 16.1. The van der Waals surface area contributed by atoms with Crippen LogP contribution in [0, 0.1) is 34.0 Å². The Morgan fingerprint density at radius 3 is 2.56 bits per heavy atom. The van der Waals surface area contributed by atoms with E-state index in [0.717, 1.165) is 0 Å². The summed E-state index contributed by atoms with van der Waals surface area (Å²) in [4.78, 5) is 4.39. The van der Waals surface area contributed by atoms with Crippen molar-refractivity contribution in [2.45, 2.75) is 0 Å². The first-order valence-electron chi connectivity index (χ1n) is 7.02. The van der Waals surface area contributed by atoms with Gasteiger partial charge in [-0.3, -0.25) is 0 Å². The van der Waals surface area contributed by atoms with E-state index in [1.165, 1.54) is 0 Å². The average molecular weight is 346 g/mol. The van der Waals surface area contributed by atoms with E-state index in [0.29, 0.717) is 33.3 Å². The van der Waals surface area contributed by atoms with Crippen LogP contribution in [0.5, 0.6) is 0 Å². The number of allylic oxidation sites excluding steroid dienone is 2. The molecule has 0 aliphatic rings. The maximum atomic E-state index is 9.11. The van der Waals surface area contributed by atoms with E-state index in [4.69, 9.17) is 31.8 Å². The highest BCUT2D eigenvalue weighted by Crippen LogP contribution is 2.28. The number of nitrogens with one attached hydrogen (secondary N) is 1. The van der Waals surface area contributed by atoms with Crippen molar-refractivity contribution in [2.75, 3.05) is 5.32 Å². The van der Waals surface area contributed by atoms with Gasteiger partial charge in [-0.05, 0) is 36.4 Å². The van der Waals surface area contributed by atoms with Crippen molar-refractivity contribution in [3.8, 4) is 29.7 Å². The lowest BCUT2D eigenvalue weighted by Crippen LogP contribution is -2.00. The normalized spacial score (nSPS) is 9.68. The molecule has 2 aromatic carbocycles. The van der Waals surface area contributed by atoms with Gasteiger partial charge in [0.1, 0.15) is 29.4 Å². The smallest absolute Gasteiger partial charge is 0.227 e. The summed E-state index contributed by atoms with van der Waals surface area (Å²) in [6, 6.07) is 17.3. The average Bonchev–Trinajstić information content (AvgIpc) is 3.05. The molecule has 0 spiro atoms. The lowest BCUT2D eigenvalue weighted by atomic mass is 10.2. The molecule has 0 amide bonds. The monoisotopic (exact) mass is 345 g/mol. The predicted octanol–water partition coefficient (Wildman–Crippen LogP) is 4.38. The molecule has 0 aliphatic heterocycles. The standard InChI is InChI=1S/C18H8ClN5O/c19-13-4-5-17-15(7-13)24-18(25-17)11-2-1-3-14(6-11)23-16(10-22)12(8-20)9-21/h1-7,23H. The molecule has 0 aliphatic carbocycles. The quantitative estimate of drug-likeness (QED) is 0.705. The van der Waals surface area contributed by atoms with Gasteiger partial charge >= 0.3 is 0 Å². The summed E-state index contributed by atoms with van der Waals surface area (Å²) in [7, 11) is 0. The third-order valence-corrected chi connectivity index (χ3v) is 3.55. The molecule has 0 atom stereocenters. The van der Waals surface area contributed by atoms with Gasteiger partial charge in [0.05, 0.1) is 0 Å². The molecule has 25 heavy (non-hydrogen) atoms. The molecule has 3 aromatic rings. The summed E-state index contributed by atoms with van der Waals surface area (Å²) in [5.74, 6) is 0.393. The second-order valence-electron chi connectivity index (χ2n) is 4.92. The van der Waals surface area contributed by atoms with E-state index in [1.807, 2.05) is 6.07 Å². The molecule has 7 heteroatoms. The Kier molecular flexibility index (Phi) is 4.35. The number of benzene rings is 2. The third-order valence-electron chi connectivity index (χ3n) is 3.31. The van der Waals surface area contributed by atoms with Crippen molar-refractivity contribution < 1.29 is 4.42 Å². The van der Waals surface area contributed by atoms with Crippen LogP contribution in [-0.2, 0) is 0 Å². The van der Waals surface area contributed by atoms with Gasteiger partial charge in [-0.15, -0.1) is 0 Å². The SMILES string of the molecule is N#CC(C#N)=C(C#N)Nc1cccc(-c2nc3cc(Cl)ccc3o2)c1. The van der Waals surface area contributed by atoms with E-state index in [1.54, 1.807) is 54.6 Å². The van der Waals surface area contributed by atoms with Gasteiger partial charge in [0.25, 0.3) is 0 Å². The second kappa shape index (κ2) is 6.76. The summed E-state index contributed by atoms with van der Waals surface area (Å²) in [5, 5.41) is 30.2. The lowest BCUT2D eigenvalue weighted by Gasteiger charge is -2.05. The molecule has 3 rings (SSSR count). The summed E-state index contributed by atoms with van der Waals surface area (Å²) >= 11 is 5.95. The number of hydrogen-bond donors (Lipinski definition) is 1. The van der Waals surface area contributed by atoms with Crippen LogP contribution in [-0.4, -0.2) is 4.98 Å². The van der Waals surface area contributed by atoms with Crippen molar-refractivity contribution in [2.24, 2.45) is 0 Å². The van der Waals surface area contributed by atoms with Gasteiger partial charge in [0.15, 0.2) is 11.2 Å². The van der Waals surface area contributed by atoms with Gasteiger partial charge < -0.3 is 9.73 Å². The first-order chi connectivity index (χ1) is 12.1. The fourth-order valence-corrected chi connectivity index (χ4v) is 2.35. The topological polar surface area (TPSA) is 109 Å². The molecule has 1 heterocycles. The summed E-state index contributed by atoms with van der Waals surface area (Å²) < 4.78 is 5.71. The van der Waals surface area contributed by atoms with Gasteiger partial charge in [-0.2, -0.15) is 15.8 Å². The van der Waals surface area contributed by atoms with E-state index in [-0.39, 0.29) is 11.3 Å². The third kappa shape index (κ3) is 3.28. The molecular formula is C18H8ClN5O. The van der Waals surface area contributed by atoms with E-state index < -0.39 is 0 Å². The van der Waals surface area contributed by atoms with Crippen molar-refractivity contribution in [3.63, 3.8) is 0 Å². The minimum Gasteiger partial charge on any atom is -0.436 e. The van der Waals surface area contributed by atoms with E-state index in [2.05, 4.69) is 10.3 Å². The van der Waals surface area contributed by atoms with Gasteiger partial charge in [-0.1, -0.05) is 17.7 Å². The Bertz CT molecular complexity index is 1110. The summed E-state index contributed by atoms with van der Waals surface area (Å²) in [6.07, 6.45) is 0. The number of hydrogen-bond acceptors (Lipinski definition) is 6. The summed E-state index contributed by atoms with van der Waals surface area (Å²) in [5.41, 5.74) is 2.03. The van der Waals surface area contributed by atoms with Crippen molar-refractivity contribution in [1.29, 1.82) is 15.8 Å². The lowest BCUT2D eigenvalue weighted by molar-refractivity contribution is 0.620. The van der Waals surface area contributed by atoms with Crippen molar-refractivity contribution in [1.82, 2.24) is 4.98 Å². The van der Waals surface area contributed by atoms with Gasteiger partial charge in [0.2, 0.25) is 5.89 Å². The molecule has 118 valence electrons. The maximum absolute atomic E-state index is 9.11. The van der Waals surface area contributed by atoms with Gasteiger partial charge in [0, 0.05) is 16.3 Å². The van der Waals surface area contributed by atoms with Crippen LogP contribution < -0.4 is 5.32 Å². The molecule has 0 saturated carbocycles. The molecule has 0 saturated heterocycles. The Morgan fingerprint density at radius 1 is 1.04 bits per heavy atom. The Hall–Kier alpha value is -3.79. The highest BCUT2D eigenvalue weighted by Gasteiger charge is 2.11. The number of rotatable bonds is 3. The number of aromatic nitrogens is 1. The van der Waals surface area contributed by atoms with E-state index in [9.17, 15) is 0 Å².